The van der Waals surface area contributed by atoms with E-state index in [2.05, 4.69) is 24.3 Å². The first-order chi connectivity index (χ1) is 10.3. The highest BCUT2D eigenvalue weighted by atomic mass is 16.7. The third-order valence-corrected chi connectivity index (χ3v) is 4.74. The van der Waals surface area contributed by atoms with Gasteiger partial charge in [0.1, 0.15) is 5.76 Å². The zero-order valence-corrected chi connectivity index (χ0v) is 13.1. The summed E-state index contributed by atoms with van der Waals surface area (Å²) in [5.41, 5.74) is 2.35. The topological polar surface area (TPSA) is 56.5 Å². The normalized spacial score (nSPS) is 22.2. The summed E-state index contributed by atoms with van der Waals surface area (Å²) in [5.74, 6) is 0.757. The Morgan fingerprint density at radius 2 is 1.86 bits per heavy atom. The van der Waals surface area contributed by atoms with Crippen molar-refractivity contribution in [2.45, 2.75) is 70.7 Å². The standard InChI is InChI=1S/C16H26N2O3/c1-3-14-13(15(4-2)21-18-14)11-17-12-5-7-16(8-6-12)19-9-10-20-16/h12,17H,3-11H2,1-2H3. The van der Waals surface area contributed by atoms with Crippen molar-refractivity contribution in [2.24, 2.45) is 0 Å². The van der Waals surface area contributed by atoms with Crippen LogP contribution in [0.5, 0.6) is 0 Å². The van der Waals surface area contributed by atoms with E-state index < -0.39 is 0 Å². The number of hydrogen-bond acceptors (Lipinski definition) is 5. The predicted molar refractivity (Wildman–Crippen MR) is 79.0 cm³/mol. The van der Waals surface area contributed by atoms with Gasteiger partial charge in [0.2, 0.25) is 0 Å². The molecule has 2 aliphatic rings. The zero-order valence-electron chi connectivity index (χ0n) is 13.1. The molecule has 21 heavy (non-hydrogen) atoms. The lowest BCUT2D eigenvalue weighted by Gasteiger charge is -2.35. The second-order valence-electron chi connectivity index (χ2n) is 6.00. The van der Waals surface area contributed by atoms with Gasteiger partial charge in [0.15, 0.2) is 5.79 Å². The fraction of sp³-hybridized carbons (Fsp3) is 0.812. The Hall–Kier alpha value is -0.910. The Balaban J connectivity index is 1.53. The first kappa shape index (κ1) is 15.0. The van der Waals surface area contributed by atoms with Crippen molar-refractivity contribution in [1.29, 1.82) is 0 Å². The monoisotopic (exact) mass is 294 g/mol. The van der Waals surface area contributed by atoms with E-state index in [1.807, 2.05) is 0 Å². The van der Waals surface area contributed by atoms with Crippen molar-refractivity contribution < 1.29 is 14.0 Å². The molecule has 2 heterocycles. The van der Waals surface area contributed by atoms with Crippen molar-refractivity contribution >= 4 is 0 Å². The lowest BCUT2D eigenvalue weighted by atomic mass is 9.90. The molecule has 5 heteroatoms. The summed E-state index contributed by atoms with van der Waals surface area (Å²) in [4.78, 5) is 0. The molecule has 0 atom stereocenters. The van der Waals surface area contributed by atoms with Gasteiger partial charge in [-0.1, -0.05) is 19.0 Å². The minimum absolute atomic E-state index is 0.265. The van der Waals surface area contributed by atoms with Crippen molar-refractivity contribution in [3.63, 3.8) is 0 Å². The van der Waals surface area contributed by atoms with Crippen molar-refractivity contribution in [3.05, 3.63) is 17.0 Å². The number of nitrogens with zero attached hydrogens (tertiary/aromatic N) is 1. The molecular formula is C16H26N2O3. The molecule has 0 amide bonds. The Labute approximate surface area is 126 Å². The highest BCUT2D eigenvalue weighted by Crippen LogP contribution is 2.35. The van der Waals surface area contributed by atoms with Crippen LogP contribution in [0.2, 0.25) is 0 Å². The Morgan fingerprint density at radius 3 is 2.48 bits per heavy atom. The summed E-state index contributed by atoms with van der Waals surface area (Å²) in [6, 6.07) is 0.535. The van der Waals surface area contributed by atoms with E-state index in [1.54, 1.807) is 0 Å². The first-order valence-electron chi connectivity index (χ1n) is 8.24. The molecule has 1 aromatic rings. The second kappa shape index (κ2) is 6.46. The molecule has 5 nitrogen and oxygen atoms in total. The molecule has 1 saturated heterocycles. The highest BCUT2D eigenvalue weighted by molar-refractivity contribution is 5.23. The van der Waals surface area contributed by atoms with Gasteiger partial charge in [0.05, 0.1) is 18.9 Å². The first-order valence-corrected chi connectivity index (χ1v) is 8.24. The lowest BCUT2D eigenvalue weighted by Crippen LogP contribution is -2.41. The molecule has 1 aliphatic carbocycles. The van der Waals surface area contributed by atoms with Gasteiger partial charge in [-0.05, 0) is 19.3 Å². The summed E-state index contributed by atoms with van der Waals surface area (Å²) < 4.78 is 17.0. The molecule has 1 aliphatic heterocycles. The molecule has 0 bridgehead atoms. The van der Waals surface area contributed by atoms with Crippen LogP contribution in [0.25, 0.3) is 0 Å². The third-order valence-electron chi connectivity index (χ3n) is 4.74. The van der Waals surface area contributed by atoms with Gasteiger partial charge in [0.25, 0.3) is 0 Å². The molecule has 118 valence electrons. The number of aromatic nitrogens is 1. The van der Waals surface area contributed by atoms with Gasteiger partial charge < -0.3 is 19.3 Å². The molecule has 1 N–H and O–H groups in total. The SMILES string of the molecule is CCc1noc(CC)c1CNC1CCC2(CC1)OCCO2. The third kappa shape index (κ3) is 3.15. The molecule has 0 unspecified atom stereocenters. The minimum atomic E-state index is -0.265. The minimum Gasteiger partial charge on any atom is -0.361 e. The van der Waals surface area contributed by atoms with Crippen LogP contribution in [0.4, 0.5) is 0 Å². The predicted octanol–water partition coefficient (Wildman–Crippen LogP) is 2.57. The summed E-state index contributed by atoms with van der Waals surface area (Å²) >= 11 is 0. The van der Waals surface area contributed by atoms with Crippen LogP contribution >= 0.6 is 0 Å². The number of nitrogens with one attached hydrogen (secondary N) is 1. The quantitative estimate of drug-likeness (QED) is 0.904. The van der Waals surface area contributed by atoms with Gasteiger partial charge in [-0.25, -0.2) is 0 Å². The average Bonchev–Trinajstić information content (AvgIpc) is 3.13. The van der Waals surface area contributed by atoms with Crippen molar-refractivity contribution in [2.75, 3.05) is 13.2 Å². The maximum absolute atomic E-state index is 5.78. The van der Waals surface area contributed by atoms with Crippen LogP contribution < -0.4 is 5.32 Å². The molecular weight excluding hydrogens is 268 g/mol. The molecule has 0 aromatic carbocycles. The van der Waals surface area contributed by atoms with E-state index in [0.29, 0.717) is 6.04 Å². The maximum atomic E-state index is 5.78. The largest absolute Gasteiger partial charge is 0.361 e. The van der Waals surface area contributed by atoms with Gasteiger partial charge in [-0.15, -0.1) is 0 Å². The Bertz CT molecular complexity index is 435. The molecule has 0 radical (unpaired) electrons. The Kier molecular flexibility index (Phi) is 4.62. The summed E-state index contributed by atoms with van der Waals surface area (Å²) in [6.07, 6.45) is 6.03. The van der Waals surface area contributed by atoms with Gasteiger partial charge in [-0.3, -0.25) is 0 Å². The van der Waals surface area contributed by atoms with Gasteiger partial charge >= 0.3 is 0 Å². The molecule has 1 aromatic heterocycles. The van der Waals surface area contributed by atoms with E-state index in [9.17, 15) is 0 Å². The smallest absolute Gasteiger partial charge is 0.168 e. The lowest BCUT2D eigenvalue weighted by molar-refractivity contribution is -0.179. The number of ether oxygens (including phenoxy) is 2. The van der Waals surface area contributed by atoms with Gasteiger partial charge in [-0.2, -0.15) is 0 Å². The molecule has 1 spiro atoms. The molecule has 1 saturated carbocycles. The van der Waals surface area contributed by atoms with Crippen LogP contribution in [0, 0.1) is 0 Å². The van der Waals surface area contributed by atoms with Gasteiger partial charge in [0, 0.05) is 37.4 Å². The second-order valence-corrected chi connectivity index (χ2v) is 6.00. The van der Waals surface area contributed by atoms with E-state index in [4.69, 9.17) is 14.0 Å². The van der Waals surface area contributed by atoms with Crippen LogP contribution in [-0.4, -0.2) is 30.2 Å². The van der Waals surface area contributed by atoms with Crippen LogP contribution in [0.15, 0.2) is 4.52 Å². The summed E-state index contributed by atoms with van der Waals surface area (Å²) in [6.45, 7) is 6.59. The fourth-order valence-electron chi connectivity index (χ4n) is 3.43. The average molecular weight is 294 g/mol. The summed E-state index contributed by atoms with van der Waals surface area (Å²) in [7, 11) is 0. The zero-order chi connectivity index (χ0) is 14.7. The van der Waals surface area contributed by atoms with Crippen LogP contribution in [0.1, 0.15) is 56.5 Å². The van der Waals surface area contributed by atoms with Crippen molar-refractivity contribution in [3.8, 4) is 0 Å². The van der Waals surface area contributed by atoms with Crippen LogP contribution in [-0.2, 0) is 28.9 Å². The number of hydrogen-bond donors (Lipinski definition) is 1. The highest BCUT2D eigenvalue weighted by Gasteiger charge is 2.40. The molecule has 3 rings (SSSR count). The summed E-state index contributed by atoms with van der Waals surface area (Å²) in [5, 5.41) is 7.84. The van der Waals surface area contributed by atoms with E-state index in [0.717, 1.165) is 69.7 Å². The number of aryl methyl sites for hydroxylation is 2. The molecule has 2 fully saturated rings. The van der Waals surface area contributed by atoms with Crippen molar-refractivity contribution in [1.82, 2.24) is 10.5 Å². The van der Waals surface area contributed by atoms with E-state index >= 15 is 0 Å². The van der Waals surface area contributed by atoms with E-state index in [-0.39, 0.29) is 5.79 Å². The van der Waals surface area contributed by atoms with E-state index in [1.165, 1.54) is 5.56 Å². The van der Waals surface area contributed by atoms with Crippen LogP contribution in [0.3, 0.4) is 0 Å². The number of rotatable bonds is 5. The fourth-order valence-corrected chi connectivity index (χ4v) is 3.43. The maximum Gasteiger partial charge on any atom is 0.168 e. The Morgan fingerprint density at radius 1 is 1.14 bits per heavy atom.